The van der Waals surface area contributed by atoms with Crippen LogP contribution in [0.3, 0.4) is 0 Å². The van der Waals surface area contributed by atoms with Crippen molar-refractivity contribution in [3.8, 4) is 5.75 Å². The number of nitrogens with zero attached hydrogens (tertiary/aromatic N) is 2. The third-order valence-electron chi connectivity index (χ3n) is 15.1. The predicted octanol–water partition coefficient (Wildman–Crippen LogP) is 3.37. The van der Waals surface area contributed by atoms with Crippen molar-refractivity contribution < 1.29 is 108 Å². The lowest BCUT2D eigenvalue weighted by Crippen LogP contribution is -2.47. The predicted molar refractivity (Wildman–Crippen MR) is 329 cm³/mol. The number of carbonyl (C=O) groups excluding carboxylic acids is 1. The fraction of sp³-hybridized carbons (Fsp3) is 0.482. The van der Waals surface area contributed by atoms with E-state index in [0.717, 1.165) is 5.37 Å². The summed E-state index contributed by atoms with van der Waals surface area (Å²) in [5.41, 5.74) is 3.90. The minimum absolute atomic E-state index is 0.0472. The summed E-state index contributed by atoms with van der Waals surface area (Å²) in [6, 6.07) is 15.1. The highest BCUT2D eigenvalue weighted by Crippen LogP contribution is 2.49. The summed E-state index contributed by atoms with van der Waals surface area (Å²) in [4.78, 5) is 14.1. The molecule has 0 spiro atoms. The number of carbonyl (C=O) groups is 1. The van der Waals surface area contributed by atoms with E-state index in [9.17, 15) is 89.7 Å². The average molecular weight is 1370 g/mol. The van der Waals surface area contributed by atoms with Gasteiger partial charge in [0.15, 0.2) is 5.71 Å². The van der Waals surface area contributed by atoms with Crippen molar-refractivity contribution in [2.24, 2.45) is 5.14 Å². The van der Waals surface area contributed by atoms with Crippen LogP contribution in [0.15, 0.2) is 117 Å². The Morgan fingerprint density at radius 3 is 1.99 bits per heavy atom. The molecule has 4 atom stereocenters. The minimum Gasteiger partial charge on any atom is -0.463 e. The molecule has 2 unspecified atom stereocenters. The first kappa shape index (κ1) is 72.7. The smallest absolute Gasteiger partial charge is 0.333 e. The molecule has 494 valence electrons. The fourth-order valence-corrected chi connectivity index (χ4v) is 13.8. The summed E-state index contributed by atoms with van der Waals surface area (Å²) in [6.45, 7) is 6.79. The Labute approximate surface area is 520 Å². The van der Waals surface area contributed by atoms with Crippen LogP contribution in [-0.2, 0) is 96.5 Å². The van der Waals surface area contributed by atoms with Gasteiger partial charge in [0.1, 0.15) is 43.0 Å². The summed E-state index contributed by atoms with van der Waals surface area (Å²) in [5.74, 6) is -0.992. The van der Waals surface area contributed by atoms with E-state index in [0.29, 0.717) is 94.2 Å². The molecule has 0 bridgehead atoms. The number of fused-ring (bicyclic) bond motifs is 2. The Balaban J connectivity index is 1.29. The quantitative estimate of drug-likeness (QED) is 0.0107. The number of anilines is 1. The second kappa shape index (κ2) is 30.0. The summed E-state index contributed by atoms with van der Waals surface area (Å²) in [6.07, 6.45) is 1.80. The lowest BCUT2D eigenvalue weighted by atomic mass is 9.81. The van der Waals surface area contributed by atoms with Gasteiger partial charge >= 0.3 is 16.3 Å². The van der Waals surface area contributed by atoms with E-state index in [1.54, 1.807) is 36.4 Å². The molecule has 0 fully saturated rings. The normalized spacial score (nSPS) is 19.0. The molecule has 11 N–H and O–H groups in total. The zero-order chi connectivity index (χ0) is 66.1. The number of nitrogens with two attached hydrogens (primary N) is 1. The van der Waals surface area contributed by atoms with Gasteiger partial charge in [-0.15, -0.1) is 5.37 Å². The molecule has 2 aliphatic heterocycles. The number of aliphatic hydroxyl groups excluding tert-OH is 4. The lowest BCUT2D eigenvalue weighted by molar-refractivity contribution is -0.438. The maximum absolute atomic E-state index is 12.9. The van der Waals surface area contributed by atoms with Crippen LogP contribution in [0.25, 0.3) is 0 Å². The minimum atomic E-state index is -4.62. The van der Waals surface area contributed by atoms with Crippen LogP contribution in [0.1, 0.15) is 102 Å². The Morgan fingerprint density at radius 1 is 0.753 bits per heavy atom. The van der Waals surface area contributed by atoms with Crippen molar-refractivity contribution in [2.45, 2.75) is 137 Å². The van der Waals surface area contributed by atoms with Gasteiger partial charge in [0.05, 0.1) is 39.4 Å². The Hall–Kier alpha value is -5.31. The number of unbranched alkanes of at least 4 members (excludes halogenated alkanes) is 2. The average Bonchev–Trinajstić information content (AvgIpc) is 1.72. The maximum Gasteiger partial charge on any atom is 0.333 e. The number of esters is 1. The first-order valence-electron chi connectivity index (χ1n) is 28.0. The van der Waals surface area contributed by atoms with Gasteiger partial charge in [-0.2, -0.15) is 46.7 Å². The number of allylic oxidation sites excluding steroid dienone is 7. The van der Waals surface area contributed by atoms with Crippen LogP contribution in [0.4, 0.5) is 11.4 Å². The molecule has 1 aliphatic carbocycles. The van der Waals surface area contributed by atoms with Gasteiger partial charge in [0.25, 0.3) is 40.5 Å². The standard InChI is InChI=1S/C56H75N4O23S6/c1-55(2)43-33-41(87(73,74)75)20-22-45(43)59(28-5-7-31-85(67,68)69)49(55)24-16-38-11-9-12-39(17-25-50-56(3,4)44-34-42(88(76,77)78)21-23-46(44)60(50)29-6-8-32-86(70,71)72)54(38)83-40-18-13-37(14-19-40)15-26-51(63)81-35-47(61)52(64)53(65)48(62)36-84(66)58-27-10-30-82-89(57,79)80/h13-14,16-25,33-34,36,47-48,52-53,61-62,64-65H,5-12,15,26-32,35H2,1-4H3,(H6-,57,58,66,67,68,69,70,71,72,73,74,75,76,77,78,79,80)/q-1/p+1/t47?,48?,52-,53-/m0/s1. The van der Waals surface area contributed by atoms with Gasteiger partial charge in [-0.25, -0.2) is 15.7 Å². The number of nitrogens with one attached hydrogen (secondary N) is 1. The lowest BCUT2D eigenvalue weighted by Gasteiger charge is -2.27. The SMILES string of the molecule is CC1(C)C(/C=C/C2=C(Oc3ccc(CCC(=O)OCC(O)[C@H](O)[C@@H](O)C(O)C=[S-](=O)NCCCOS(N)(=O)=O)cc3)C(=C/C=C3/N(CCCCS(=O)(=O)O)c4ccc(S(=O)(=O)O)cc4C3(C)C)/CCC2)=[N+](CCCCS(=O)(=O)O)c2ccc(S(=O)(=O)O)cc21. The van der Waals surface area contributed by atoms with E-state index in [4.69, 9.17) is 14.6 Å². The third kappa shape index (κ3) is 20.6. The van der Waals surface area contributed by atoms with E-state index < -0.39 is 121 Å². The number of rotatable bonds is 32. The van der Waals surface area contributed by atoms with E-state index >= 15 is 0 Å². The van der Waals surface area contributed by atoms with E-state index in [2.05, 4.69) is 8.91 Å². The molecule has 0 saturated carbocycles. The topological polar surface area (TPSA) is 439 Å². The number of aryl methyl sites for hydroxylation is 1. The number of hydrogen-bond donors (Lipinski definition) is 10. The molecule has 33 heteroatoms. The Bertz CT molecular complexity index is 3950. The fourth-order valence-electron chi connectivity index (χ4n) is 10.5. The molecule has 0 saturated heterocycles. The molecule has 3 aliphatic rings. The summed E-state index contributed by atoms with van der Waals surface area (Å²) in [5, 5.41) is 47.1. The molecule has 2 heterocycles. The van der Waals surface area contributed by atoms with E-state index in [1.165, 1.54) is 24.3 Å². The third-order valence-corrected chi connectivity index (χ3v) is 19.9. The highest BCUT2D eigenvalue weighted by atomic mass is 32.2. The van der Waals surface area contributed by atoms with Crippen molar-refractivity contribution in [3.05, 3.63) is 124 Å². The second-order valence-electron chi connectivity index (χ2n) is 22.5. The first-order chi connectivity index (χ1) is 41.3. The van der Waals surface area contributed by atoms with Crippen LogP contribution in [0, 0.1) is 0 Å². The van der Waals surface area contributed by atoms with Crippen molar-refractivity contribution in [2.75, 3.05) is 49.3 Å². The molecule has 0 radical (unpaired) electrons. The second-order valence-corrected chi connectivity index (χ2v) is 30.8. The Morgan fingerprint density at radius 2 is 1.37 bits per heavy atom. The molecule has 89 heavy (non-hydrogen) atoms. The van der Waals surface area contributed by atoms with Crippen LogP contribution < -0.4 is 19.5 Å². The largest absolute Gasteiger partial charge is 0.463 e. The molecular weight excluding hydrogens is 1290 g/mol. The zero-order valence-electron chi connectivity index (χ0n) is 49.1. The number of aliphatic hydroxyl groups is 4. The van der Waals surface area contributed by atoms with Crippen LogP contribution in [-0.4, -0.2) is 171 Å². The summed E-state index contributed by atoms with van der Waals surface area (Å²) in [7, 11) is -24.1. The number of hydrogen-bond acceptors (Lipinski definition) is 21. The van der Waals surface area contributed by atoms with Crippen LogP contribution >= 0.6 is 0 Å². The Kier molecular flexibility index (Phi) is 24.5. The highest BCUT2D eigenvalue weighted by molar-refractivity contribution is 7.86. The first-order valence-corrected chi connectivity index (χ1v) is 36.8. The van der Waals surface area contributed by atoms with Gasteiger partial charge in [0, 0.05) is 53.9 Å². The van der Waals surface area contributed by atoms with Crippen molar-refractivity contribution >= 4 is 89.8 Å². The van der Waals surface area contributed by atoms with Crippen LogP contribution in [0.2, 0.25) is 0 Å². The molecule has 27 nitrogen and oxygen atoms in total. The van der Waals surface area contributed by atoms with Crippen molar-refractivity contribution in [1.82, 2.24) is 4.72 Å². The molecule has 3 aromatic rings. The van der Waals surface area contributed by atoms with Gasteiger partial charge in [-0.1, -0.05) is 32.1 Å². The van der Waals surface area contributed by atoms with Gasteiger partial charge in [-0.3, -0.25) is 27.2 Å². The zero-order valence-corrected chi connectivity index (χ0v) is 54.0. The highest BCUT2D eigenvalue weighted by Gasteiger charge is 2.45. The molecule has 0 amide bonds. The maximum atomic E-state index is 12.9. The van der Waals surface area contributed by atoms with Crippen LogP contribution in [0.5, 0.6) is 5.75 Å². The molecule has 3 aromatic carbocycles. The molecule has 0 aromatic heterocycles. The number of ether oxygens (including phenoxy) is 2. The number of benzene rings is 3. The van der Waals surface area contributed by atoms with Gasteiger partial charge in [-0.05, 0) is 149 Å². The molecular formula is C56H76N4O23S6. The van der Waals surface area contributed by atoms with E-state index in [-0.39, 0.29) is 68.1 Å². The monoisotopic (exact) mass is 1360 g/mol. The van der Waals surface area contributed by atoms with Gasteiger partial charge in [0.2, 0.25) is 5.69 Å². The molecule has 6 rings (SSSR count). The van der Waals surface area contributed by atoms with Crippen molar-refractivity contribution in [3.63, 3.8) is 0 Å². The van der Waals surface area contributed by atoms with Gasteiger partial charge < -0.3 is 43.7 Å². The van der Waals surface area contributed by atoms with Crippen molar-refractivity contribution in [1.29, 1.82) is 0 Å². The summed E-state index contributed by atoms with van der Waals surface area (Å²) < 4.78 is 190. The van der Waals surface area contributed by atoms with E-state index in [1.807, 2.05) is 61.5 Å². The summed E-state index contributed by atoms with van der Waals surface area (Å²) >= 11 is 0.